The fourth-order valence-corrected chi connectivity index (χ4v) is 6.74. The molecule has 0 spiro atoms. The zero-order valence-corrected chi connectivity index (χ0v) is 11.7. The van der Waals surface area contributed by atoms with Gasteiger partial charge in [0, 0.05) is 4.43 Å². The number of fused-ring (bicyclic) bond motifs is 1. The summed E-state index contributed by atoms with van der Waals surface area (Å²) in [7, 11) is 0. The Kier molecular flexibility index (Phi) is 2.06. The quantitative estimate of drug-likeness (QED) is 0.398. The van der Waals surface area contributed by atoms with Crippen LogP contribution >= 0.6 is 50.1 Å². The van der Waals surface area contributed by atoms with Gasteiger partial charge in [0.05, 0.1) is 11.3 Å². The topological polar surface area (TPSA) is 26.3 Å². The molecular weight excluding hydrogens is 370 g/mol. The smallest absolute Gasteiger partial charge is 0.312 e. The number of halogens is 3. The van der Waals surface area contributed by atoms with Crippen molar-refractivity contribution in [3.63, 3.8) is 0 Å². The number of esters is 1. The first-order chi connectivity index (χ1) is 5.81. The molecule has 2 nitrogen and oxygen atoms in total. The molecule has 1 aliphatic carbocycles. The second-order valence-corrected chi connectivity index (χ2v) is 7.07. The van der Waals surface area contributed by atoms with Gasteiger partial charge in [-0.2, -0.15) is 0 Å². The van der Waals surface area contributed by atoms with E-state index in [9.17, 15) is 4.79 Å². The predicted octanol–water partition coefficient (Wildman–Crippen LogP) is 2.91. The fourth-order valence-electron chi connectivity index (χ4n) is 2.50. The molecule has 1 saturated carbocycles. The lowest BCUT2D eigenvalue weighted by molar-refractivity contribution is -0.145. The van der Waals surface area contributed by atoms with Crippen LogP contribution in [0.15, 0.2) is 0 Å². The van der Waals surface area contributed by atoms with Crippen molar-refractivity contribution < 1.29 is 9.53 Å². The third kappa shape index (κ3) is 0.930. The number of rotatable bonds is 1. The van der Waals surface area contributed by atoms with Crippen molar-refractivity contribution in [1.82, 2.24) is 0 Å². The maximum Gasteiger partial charge on any atom is 0.312 e. The fraction of sp³-hybridized carbons (Fsp3) is 0.875. The van der Waals surface area contributed by atoms with Crippen LogP contribution in [0.3, 0.4) is 0 Å². The summed E-state index contributed by atoms with van der Waals surface area (Å²) in [5.41, 5.74) is -0.284. The van der Waals surface area contributed by atoms with E-state index >= 15 is 0 Å². The summed E-state index contributed by atoms with van der Waals surface area (Å²) in [5, 5.41) is 0. The minimum atomic E-state index is -0.994. The molecule has 5 heteroatoms. The van der Waals surface area contributed by atoms with E-state index in [2.05, 4.69) is 52.4 Å². The molecule has 13 heavy (non-hydrogen) atoms. The lowest BCUT2D eigenvalue weighted by Crippen LogP contribution is -2.33. The lowest BCUT2D eigenvalue weighted by Gasteiger charge is -2.28. The molecule has 0 amide bonds. The molecule has 0 aromatic heterocycles. The number of alkyl halides is 3. The standard InChI is InChI=1S/C8H9BrClIO2/c1-6(2)4-5(12)13-8(9,10)7(4,6)3-11/h4H,3H2,1-2H3/t4-,7-,8?/m1/s1. The Labute approximate surface area is 104 Å². The van der Waals surface area contributed by atoms with Gasteiger partial charge in [0.2, 0.25) is 3.97 Å². The highest BCUT2D eigenvalue weighted by atomic mass is 127. The number of cyclic esters (lactones) is 1. The second-order valence-electron chi connectivity index (χ2n) is 4.20. The normalized spacial score (nSPS) is 51.5. The Hall–Kier alpha value is 0.970. The van der Waals surface area contributed by atoms with E-state index in [0.717, 1.165) is 4.43 Å². The van der Waals surface area contributed by atoms with Crippen LogP contribution in [-0.2, 0) is 9.53 Å². The minimum Gasteiger partial charge on any atom is -0.432 e. The number of ether oxygens (including phenoxy) is 1. The Morgan fingerprint density at radius 2 is 2.23 bits per heavy atom. The average molecular weight is 379 g/mol. The van der Waals surface area contributed by atoms with Crippen LogP contribution in [0.25, 0.3) is 0 Å². The Balaban J connectivity index is 2.48. The van der Waals surface area contributed by atoms with Crippen molar-refractivity contribution in [2.45, 2.75) is 17.8 Å². The van der Waals surface area contributed by atoms with E-state index in [1.807, 2.05) is 0 Å². The highest BCUT2D eigenvalue weighted by Gasteiger charge is 2.87. The SMILES string of the molecule is CC1(C)[C@H]2C(=O)OC(Cl)(Br)[C@]21CI. The third-order valence-corrected chi connectivity index (χ3v) is 5.96. The molecule has 2 fully saturated rings. The van der Waals surface area contributed by atoms with E-state index in [1.165, 1.54) is 0 Å². The maximum atomic E-state index is 11.5. The minimum absolute atomic E-state index is 0.0469. The Bertz CT molecular complexity index is 292. The summed E-state index contributed by atoms with van der Waals surface area (Å²) >= 11 is 11.7. The highest BCUT2D eigenvalue weighted by Crippen LogP contribution is 2.81. The summed E-state index contributed by atoms with van der Waals surface area (Å²) in [5.74, 6) is -0.220. The van der Waals surface area contributed by atoms with Gasteiger partial charge >= 0.3 is 5.97 Å². The molecule has 2 aliphatic rings. The van der Waals surface area contributed by atoms with Gasteiger partial charge in [0.15, 0.2) is 0 Å². The van der Waals surface area contributed by atoms with E-state index < -0.39 is 3.97 Å². The second kappa shape index (κ2) is 2.55. The molecule has 74 valence electrons. The predicted molar refractivity (Wildman–Crippen MR) is 62.2 cm³/mol. The lowest BCUT2D eigenvalue weighted by atomic mass is 9.99. The number of hydrogen-bond donors (Lipinski definition) is 0. The molecule has 1 aliphatic heterocycles. The molecule has 0 aromatic carbocycles. The average Bonchev–Trinajstić information content (AvgIpc) is 2.36. The van der Waals surface area contributed by atoms with Gasteiger partial charge in [-0.1, -0.05) is 48.0 Å². The molecular formula is C8H9BrClIO2. The zero-order valence-electron chi connectivity index (χ0n) is 7.23. The van der Waals surface area contributed by atoms with Gasteiger partial charge in [0.1, 0.15) is 0 Å². The number of carbonyl (C=O) groups is 1. The Morgan fingerprint density at radius 1 is 1.69 bits per heavy atom. The summed E-state index contributed by atoms with van der Waals surface area (Å²) in [6, 6.07) is 0. The van der Waals surface area contributed by atoms with Crippen LogP contribution in [0.1, 0.15) is 13.8 Å². The zero-order chi connectivity index (χ0) is 10.1. The largest absolute Gasteiger partial charge is 0.432 e. The Morgan fingerprint density at radius 3 is 2.46 bits per heavy atom. The van der Waals surface area contributed by atoms with Crippen LogP contribution in [0, 0.1) is 16.7 Å². The molecule has 1 unspecified atom stereocenters. The van der Waals surface area contributed by atoms with Crippen molar-refractivity contribution in [2.75, 3.05) is 4.43 Å². The van der Waals surface area contributed by atoms with Gasteiger partial charge in [-0.25, -0.2) is 0 Å². The molecule has 3 atom stereocenters. The van der Waals surface area contributed by atoms with Crippen molar-refractivity contribution in [3.8, 4) is 0 Å². The molecule has 0 aromatic rings. The number of hydrogen-bond acceptors (Lipinski definition) is 2. The first kappa shape index (κ1) is 10.5. The van der Waals surface area contributed by atoms with E-state index in [0.29, 0.717) is 0 Å². The summed E-state index contributed by atoms with van der Waals surface area (Å²) < 4.78 is 4.91. The van der Waals surface area contributed by atoms with Crippen LogP contribution in [0.4, 0.5) is 0 Å². The van der Waals surface area contributed by atoms with Gasteiger partial charge in [-0.05, 0) is 21.3 Å². The van der Waals surface area contributed by atoms with Gasteiger partial charge in [0.25, 0.3) is 0 Å². The van der Waals surface area contributed by atoms with Crippen LogP contribution < -0.4 is 0 Å². The summed E-state index contributed by atoms with van der Waals surface area (Å²) in [6.45, 7) is 4.13. The van der Waals surface area contributed by atoms with E-state index in [-0.39, 0.29) is 22.7 Å². The molecule has 1 saturated heterocycles. The van der Waals surface area contributed by atoms with Crippen molar-refractivity contribution in [2.24, 2.45) is 16.7 Å². The van der Waals surface area contributed by atoms with Crippen LogP contribution in [0.5, 0.6) is 0 Å². The van der Waals surface area contributed by atoms with Gasteiger partial charge < -0.3 is 4.74 Å². The van der Waals surface area contributed by atoms with E-state index in [4.69, 9.17) is 16.3 Å². The van der Waals surface area contributed by atoms with Crippen molar-refractivity contribution in [1.29, 1.82) is 0 Å². The monoisotopic (exact) mass is 378 g/mol. The van der Waals surface area contributed by atoms with Crippen LogP contribution in [0.2, 0.25) is 0 Å². The van der Waals surface area contributed by atoms with Crippen molar-refractivity contribution in [3.05, 3.63) is 0 Å². The van der Waals surface area contributed by atoms with E-state index in [1.54, 1.807) is 0 Å². The number of carbonyl (C=O) groups excluding carboxylic acids is 1. The third-order valence-electron chi connectivity index (χ3n) is 3.48. The molecule has 0 N–H and O–H groups in total. The van der Waals surface area contributed by atoms with Crippen LogP contribution in [-0.4, -0.2) is 14.4 Å². The first-order valence-electron chi connectivity index (χ1n) is 3.98. The van der Waals surface area contributed by atoms with Gasteiger partial charge in [-0.15, -0.1) is 0 Å². The highest BCUT2D eigenvalue weighted by molar-refractivity contribution is 14.1. The molecule has 0 radical (unpaired) electrons. The van der Waals surface area contributed by atoms with Gasteiger partial charge in [-0.3, -0.25) is 4.79 Å². The maximum absolute atomic E-state index is 11.5. The molecule has 1 heterocycles. The summed E-state index contributed by atoms with van der Waals surface area (Å²) in [6.07, 6.45) is 0. The first-order valence-corrected chi connectivity index (χ1v) is 6.67. The molecule has 2 rings (SSSR count). The van der Waals surface area contributed by atoms with Crippen molar-refractivity contribution >= 4 is 56.1 Å². The summed E-state index contributed by atoms with van der Waals surface area (Å²) in [4.78, 5) is 11.5. The molecule has 0 bridgehead atoms.